The van der Waals surface area contributed by atoms with Gasteiger partial charge >= 0.3 is 6.61 Å². The molecule has 1 aliphatic rings. The maximum atomic E-state index is 12.3. The van der Waals surface area contributed by atoms with Gasteiger partial charge in [-0.3, -0.25) is 4.79 Å². The highest BCUT2D eigenvalue weighted by atomic mass is 19.3. The largest absolute Gasteiger partial charge is 0.435 e. The number of ether oxygens (including phenoxy) is 2. The van der Waals surface area contributed by atoms with Crippen LogP contribution in [0.4, 0.5) is 8.78 Å². The van der Waals surface area contributed by atoms with E-state index >= 15 is 0 Å². The van der Waals surface area contributed by atoms with E-state index in [9.17, 15) is 13.6 Å². The summed E-state index contributed by atoms with van der Waals surface area (Å²) in [5, 5.41) is 2.86. The molecule has 0 radical (unpaired) electrons. The molecular weight excluding hydrogens is 294 g/mol. The first kappa shape index (κ1) is 16.6. The van der Waals surface area contributed by atoms with E-state index in [0.29, 0.717) is 26.1 Å². The Hall–Kier alpha value is -1.73. The van der Waals surface area contributed by atoms with Gasteiger partial charge < -0.3 is 20.5 Å². The molecule has 1 unspecified atom stereocenters. The fourth-order valence-electron chi connectivity index (χ4n) is 2.32. The molecule has 0 spiro atoms. The highest BCUT2D eigenvalue weighted by Crippen LogP contribution is 2.22. The molecule has 0 aromatic heterocycles. The molecule has 1 fully saturated rings. The van der Waals surface area contributed by atoms with Crippen LogP contribution >= 0.6 is 0 Å². The average molecular weight is 314 g/mol. The van der Waals surface area contributed by atoms with Crippen LogP contribution in [0.15, 0.2) is 24.3 Å². The average Bonchev–Trinajstić information content (AvgIpc) is 2.48. The summed E-state index contributed by atoms with van der Waals surface area (Å²) in [6, 6.07) is 5.87. The predicted octanol–water partition coefficient (Wildman–Crippen LogP) is 1.97. The lowest BCUT2D eigenvalue weighted by atomic mass is 9.90. The normalized spacial score (nSPS) is 18.8. The van der Waals surface area contributed by atoms with E-state index in [1.165, 1.54) is 12.1 Å². The van der Waals surface area contributed by atoms with Crippen molar-refractivity contribution in [1.29, 1.82) is 0 Å². The predicted molar refractivity (Wildman–Crippen MR) is 76.6 cm³/mol. The van der Waals surface area contributed by atoms with Crippen LogP contribution in [-0.2, 0) is 9.53 Å². The molecule has 1 aromatic rings. The first-order chi connectivity index (χ1) is 10.4. The number of benzene rings is 1. The molecule has 122 valence electrons. The highest BCUT2D eigenvalue weighted by molar-refractivity contribution is 5.86. The summed E-state index contributed by atoms with van der Waals surface area (Å²) in [4.78, 5) is 12.3. The van der Waals surface area contributed by atoms with Crippen LogP contribution < -0.4 is 15.8 Å². The number of hydrogen-bond acceptors (Lipinski definition) is 4. The summed E-state index contributed by atoms with van der Waals surface area (Å²) in [5.74, 6) is -0.145. The Morgan fingerprint density at radius 2 is 1.91 bits per heavy atom. The first-order valence-corrected chi connectivity index (χ1v) is 7.13. The second kappa shape index (κ2) is 7.02. The van der Waals surface area contributed by atoms with Gasteiger partial charge in [0.15, 0.2) is 0 Å². The first-order valence-electron chi connectivity index (χ1n) is 7.13. The Kier molecular flexibility index (Phi) is 5.31. The Balaban J connectivity index is 1.96. The van der Waals surface area contributed by atoms with E-state index in [4.69, 9.17) is 10.5 Å². The highest BCUT2D eigenvalue weighted by Gasteiger charge is 2.36. The lowest BCUT2D eigenvalue weighted by molar-refractivity contribution is -0.130. The summed E-state index contributed by atoms with van der Waals surface area (Å²) in [6.07, 6.45) is 0.958. The summed E-state index contributed by atoms with van der Waals surface area (Å²) >= 11 is 0. The fourth-order valence-corrected chi connectivity index (χ4v) is 2.32. The monoisotopic (exact) mass is 314 g/mol. The van der Waals surface area contributed by atoms with E-state index in [-0.39, 0.29) is 17.7 Å². The second-order valence-electron chi connectivity index (χ2n) is 5.41. The minimum absolute atomic E-state index is 0.0806. The van der Waals surface area contributed by atoms with Gasteiger partial charge in [0.1, 0.15) is 5.75 Å². The maximum absolute atomic E-state index is 12.3. The van der Waals surface area contributed by atoms with Crippen molar-refractivity contribution in [2.45, 2.75) is 38.0 Å². The van der Waals surface area contributed by atoms with Gasteiger partial charge in [-0.05, 0) is 37.5 Å². The molecule has 3 N–H and O–H groups in total. The number of carbonyl (C=O) groups excluding carboxylic acids is 1. The SMILES string of the molecule is CC(NC(=O)C1(N)CCOCC1)c1ccc(OC(F)F)cc1. The molecular formula is C15H20F2N2O3. The van der Waals surface area contributed by atoms with Gasteiger partial charge in [0.25, 0.3) is 0 Å². The zero-order valence-corrected chi connectivity index (χ0v) is 12.4. The number of nitrogens with one attached hydrogen (secondary N) is 1. The van der Waals surface area contributed by atoms with Crippen LogP contribution in [0.1, 0.15) is 31.4 Å². The smallest absolute Gasteiger partial charge is 0.387 e. The van der Waals surface area contributed by atoms with Crippen molar-refractivity contribution in [2.75, 3.05) is 13.2 Å². The number of hydrogen-bond donors (Lipinski definition) is 2. The zero-order valence-electron chi connectivity index (χ0n) is 12.4. The number of nitrogens with two attached hydrogens (primary N) is 1. The van der Waals surface area contributed by atoms with Crippen molar-refractivity contribution in [3.05, 3.63) is 29.8 Å². The fraction of sp³-hybridized carbons (Fsp3) is 0.533. The van der Waals surface area contributed by atoms with Crippen LogP contribution in [0.5, 0.6) is 5.75 Å². The van der Waals surface area contributed by atoms with Gasteiger partial charge in [-0.2, -0.15) is 8.78 Å². The number of alkyl halides is 2. The van der Waals surface area contributed by atoms with Crippen molar-refractivity contribution in [1.82, 2.24) is 5.32 Å². The van der Waals surface area contributed by atoms with Gasteiger partial charge in [-0.1, -0.05) is 12.1 Å². The molecule has 7 heteroatoms. The molecule has 1 amide bonds. The number of rotatable bonds is 5. The van der Waals surface area contributed by atoms with Gasteiger partial charge in [0.05, 0.1) is 11.6 Å². The zero-order chi connectivity index (χ0) is 16.2. The molecule has 0 aliphatic carbocycles. The Labute approximate surface area is 127 Å². The van der Waals surface area contributed by atoms with Crippen LogP contribution in [0, 0.1) is 0 Å². The van der Waals surface area contributed by atoms with Crippen LogP contribution in [-0.4, -0.2) is 31.3 Å². The minimum Gasteiger partial charge on any atom is -0.435 e. The Morgan fingerprint density at radius 3 is 2.45 bits per heavy atom. The van der Waals surface area contributed by atoms with Crippen LogP contribution in [0.25, 0.3) is 0 Å². The summed E-state index contributed by atoms with van der Waals surface area (Å²) in [6.45, 7) is -0.104. The van der Waals surface area contributed by atoms with Crippen molar-refractivity contribution >= 4 is 5.91 Å². The third-order valence-electron chi connectivity index (χ3n) is 3.79. The Morgan fingerprint density at radius 1 is 1.32 bits per heavy atom. The lowest BCUT2D eigenvalue weighted by Gasteiger charge is -2.33. The topological polar surface area (TPSA) is 73.6 Å². The standard InChI is InChI=1S/C15H20F2N2O3/c1-10(11-2-4-12(5-3-11)22-14(16)17)19-13(20)15(18)6-8-21-9-7-15/h2-5,10,14H,6-9,18H2,1H3,(H,19,20). The number of halogens is 2. The molecule has 0 saturated carbocycles. The molecule has 1 saturated heterocycles. The molecule has 1 aliphatic heterocycles. The summed E-state index contributed by atoms with van der Waals surface area (Å²) in [7, 11) is 0. The number of carbonyl (C=O) groups is 1. The molecule has 1 aromatic carbocycles. The lowest BCUT2D eigenvalue weighted by Crippen LogP contribution is -2.57. The minimum atomic E-state index is -2.85. The van der Waals surface area contributed by atoms with E-state index < -0.39 is 12.2 Å². The van der Waals surface area contributed by atoms with E-state index in [2.05, 4.69) is 10.1 Å². The summed E-state index contributed by atoms with van der Waals surface area (Å²) in [5.41, 5.74) is 5.98. The van der Waals surface area contributed by atoms with Crippen molar-refractivity contribution in [2.24, 2.45) is 5.73 Å². The van der Waals surface area contributed by atoms with Crippen molar-refractivity contribution in [3.8, 4) is 5.75 Å². The van der Waals surface area contributed by atoms with Gasteiger partial charge in [0.2, 0.25) is 5.91 Å². The molecule has 1 atom stereocenters. The van der Waals surface area contributed by atoms with E-state index in [1.807, 2.05) is 6.92 Å². The van der Waals surface area contributed by atoms with Crippen molar-refractivity contribution < 1.29 is 23.0 Å². The molecule has 5 nitrogen and oxygen atoms in total. The van der Waals surface area contributed by atoms with Crippen LogP contribution in [0.2, 0.25) is 0 Å². The third-order valence-corrected chi connectivity index (χ3v) is 3.79. The number of amides is 1. The van der Waals surface area contributed by atoms with E-state index in [1.54, 1.807) is 12.1 Å². The molecule has 0 bridgehead atoms. The quantitative estimate of drug-likeness (QED) is 0.871. The molecule has 22 heavy (non-hydrogen) atoms. The van der Waals surface area contributed by atoms with E-state index in [0.717, 1.165) is 5.56 Å². The van der Waals surface area contributed by atoms with Gasteiger partial charge in [-0.25, -0.2) is 0 Å². The Bertz CT molecular complexity index is 502. The maximum Gasteiger partial charge on any atom is 0.387 e. The summed E-state index contributed by atoms with van der Waals surface area (Å²) < 4.78 is 33.7. The van der Waals surface area contributed by atoms with Gasteiger partial charge in [0, 0.05) is 13.2 Å². The molecule has 2 rings (SSSR count). The second-order valence-corrected chi connectivity index (χ2v) is 5.41. The third kappa shape index (κ3) is 4.14. The van der Waals surface area contributed by atoms with Crippen LogP contribution in [0.3, 0.4) is 0 Å². The molecule has 1 heterocycles. The van der Waals surface area contributed by atoms with Gasteiger partial charge in [-0.15, -0.1) is 0 Å². The van der Waals surface area contributed by atoms with Crippen molar-refractivity contribution in [3.63, 3.8) is 0 Å².